The van der Waals surface area contributed by atoms with Crippen LogP contribution < -0.4 is 15.2 Å². The molecule has 0 saturated carbocycles. The zero-order valence-electron chi connectivity index (χ0n) is 16.0. The molecule has 2 rings (SSSR count). The van der Waals surface area contributed by atoms with Crippen molar-refractivity contribution in [2.24, 2.45) is 5.73 Å². The number of ether oxygens (including phenoxy) is 4. The Bertz CT molecular complexity index is 820. The maximum absolute atomic E-state index is 12.6. The highest BCUT2D eigenvalue weighted by atomic mass is 16.5. The van der Waals surface area contributed by atoms with Crippen LogP contribution in [0.5, 0.6) is 11.5 Å². The van der Waals surface area contributed by atoms with Crippen molar-refractivity contribution in [2.45, 2.75) is 33.1 Å². The molecule has 7 heteroatoms. The molecule has 0 saturated heterocycles. The van der Waals surface area contributed by atoms with E-state index in [4.69, 9.17) is 24.7 Å². The number of esters is 1. The third-order valence-electron chi connectivity index (χ3n) is 4.09. The molecular weight excluding hydrogens is 348 g/mol. The second-order valence-corrected chi connectivity index (χ2v) is 5.84. The highest BCUT2D eigenvalue weighted by molar-refractivity contribution is 5.93. The number of nitrogens with zero attached hydrogens (tertiary/aromatic N) is 1. The number of methoxy groups -OCH3 is 1. The number of hydrogen-bond acceptors (Lipinski definition) is 7. The highest BCUT2D eigenvalue weighted by Crippen LogP contribution is 2.45. The first-order valence-electron chi connectivity index (χ1n) is 8.75. The zero-order valence-corrected chi connectivity index (χ0v) is 16.0. The molecular formula is C20H24N2O5. The van der Waals surface area contributed by atoms with Gasteiger partial charge in [0.2, 0.25) is 5.88 Å². The standard InChI is InChI=1S/C20H24N2O5/c1-5-10-26-18-13(8-7-9-15(18)24-4)17-14(11-21)19(22)27-12(3)16(17)20(23)25-6-2/h7-9,17H,5-6,10,22H2,1-4H3. The van der Waals surface area contributed by atoms with Crippen LogP contribution in [-0.2, 0) is 14.3 Å². The number of carbonyl (C=O) groups is 1. The summed E-state index contributed by atoms with van der Waals surface area (Å²) in [5.41, 5.74) is 6.88. The van der Waals surface area contributed by atoms with Crippen LogP contribution in [0.2, 0.25) is 0 Å². The number of para-hydroxylation sites is 1. The fourth-order valence-corrected chi connectivity index (χ4v) is 2.95. The summed E-state index contributed by atoms with van der Waals surface area (Å²) in [6.45, 7) is 5.96. The third kappa shape index (κ3) is 4.00. The molecule has 1 aromatic carbocycles. The van der Waals surface area contributed by atoms with E-state index >= 15 is 0 Å². The monoisotopic (exact) mass is 372 g/mol. The van der Waals surface area contributed by atoms with E-state index in [1.807, 2.05) is 6.92 Å². The van der Waals surface area contributed by atoms with Gasteiger partial charge in [-0.15, -0.1) is 0 Å². The summed E-state index contributed by atoms with van der Waals surface area (Å²) in [7, 11) is 1.53. The molecule has 0 aliphatic carbocycles. The number of nitrogens with two attached hydrogens (primary N) is 1. The van der Waals surface area contributed by atoms with Gasteiger partial charge in [-0.3, -0.25) is 0 Å². The molecule has 1 heterocycles. The van der Waals surface area contributed by atoms with Crippen LogP contribution in [0.1, 0.15) is 38.7 Å². The normalized spacial score (nSPS) is 16.5. The van der Waals surface area contributed by atoms with Gasteiger partial charge in [-0.1, -0.05) is 19.1 Å². The maximum Gasteiger partial charge on any atom is 0.338 e. The summed E-state index contributed by atoms with van der Waals surface area (Å²) in [6.07, 6.45) is 0.786. The van der Waals surface area contributed by atoms with Crippen molar-refractivity contribution in [3.05, 3.63) is 46.6 Å². The predicted octanol–water partition coefficient (Wildman–Crippen LogP) is 3.13. The first kappa shape index (κ1) is 20.2. The summed E-state index contributed by atoms with van der Waals surface area (Å²) in [5, 5.41) is 9.69. The second kappa shape index (κ2) is 8.99. The molecule has 2 N–H and O–H groups in total. The third-order valence-corrected chi connectivity index (χ3v) is 4.09. The van der Waals surface area contributed by atoms with Crippen molar-refractivity contribution in [1.29, 1.82) is 5.26 Å². The molecule has 0 aromatic heterocycles. The van der Waals surface area contributed by atoms with E-state index in [0.717, 1.165) is 6.42 Å². The van der Waals surface area contributed by atoms with E-state index in [1.165, 1.54) is 7.11 Å². The number of carbonyl (C=O) groups excluding carboxylic acids is 1. The molecule has 1 aromatic rings. The van der Waals surface area contributed by atoms with Crippen LogP contribution in [0.15, 0.2) is 41.0 Å². The molecule has 1 unspecified atom stereocenters. The van der Waals surface area contributed by atoms with Crippen molar-refractivity contribution in [3.8, 4) is 17.6 Å². The van der Waals surface area contributed by atoms with Crippen molar-refractivity contribution >= 4 is 5.97 Å². The smallest absolute Gasteiger partial charge is 0.338 e. The van der Waals surface area contributed by atoms with E-state index < -0.39 is 11.9 Å². The van der Waals surface area contributed by atoms with Gasteiger partial charge in [0, 0.05) is 5.56 Å². The topological polar surface area (TPSA) is 104 Å². The molecule has 7 nitrogen and oxygen atoms in total. The van der Waals surface area contributed by atoms with Gasteiger partial charge in [-0.2, -0.15) is 5.26 Å². The minimum Gasteiger partial charge on any atom is -0.493 e. The van der Waals surface area contributed by atoms with E-state index in [0.29, 0.717) is 29.4 Å². The van der Waals surface area contributed by atoms with Crippen LogP contribution in [0.3, 0.4) is 0 Å². The Balaban J connectivity index is 2.71. The van der Waals surface area contributed by atoms with Gasteiger partial charge in [0.1, 0.15) is 17.4 Å². The molecule has 0 radical (unpaired) electrons. The molecule has 0 spiro atoms. The Kier molecular flexibility index (Phi) is 6.72. The average molecular weight is 372 g/mol. The lowest BCUT2D eigenvalue weighted by Gasteiger charge is -2.28. The van der Waals surface area contributed by atoms with E-state index in [9.17, 15) is 10.1 Å². The summed E-state index contributed by atoms with van der Waals surface area (Å²) in [6, 6.07) is 7.37. The lowest BCUT2D eigenvalue weighted by Crippen LogP contribution is -2.26. The minimum absolute atomic E-state index is 0.0442. The molecule has 144 valence electrons. The fraction of sp³-hybridized carbons (Fsp3) is 0.400. The summed E-state index contributed by atoms with van der Waals surface area (Å²) in [5.74, 6) is -0.126. The molecule has 0 amide bonds. The molecule has 0 fully saturated rings. The number of rotatable bonds is 7. The van der Waals surface area contributed by atoms with Crippen LogP contribution in [-0.4, -0.2) is 26.3 Å². The predicted molar refractivity (Wildman–Crippen MR) is 98.8 cm³/mol. The first-order chi connectivity index (χ1) is 13.0. The van der Waals surface area contributed by atoms with Gasteiger partial charge in [0.25, 0.3) is 0 Å². The molecule has 1 atom stereocenters. The summed E-state index contributed by atoms with van der Waals surface area (Å²) < 4.78 is 21.9. The van der Waals surface area contributed by atoms with Gasteiger partial charge in [-0.05, 0) is 26.3 Å². The van der Waals surface area contributed by atoms with Gasteiger partial charge >= 0.3 is 5.97 Å². The quantitative estimate of drug-likeness (QED) is 0.733. The molecule has 1 aliphatic rings. The SMILES string of the molecule is CCCOc1c(OC)cccc1C1C(C#N)=C(N)OC(C)=C1C(=O)OCC. The number of allylic oxidation sites excluding steroid dienone is 2. The second-order valence-electron chi connectivity index (χ2n) is 5.84. The Hall–Kier alpha value is -3.14. The van der Waals surface area contributed by atoms with Crippen molar-refractivity contribution in [3.63, 3.8) is 0 Å². The summed E-state index contributed by atoms with van der Waals surface area (Å²) in [4.78, 5) is 12.6. The van der Waals surface area contributed by atoms with Gasteiger partial charge in [0.15, 0.2) is 11.5 Å². The average Bonchev–Trinajstić information content (AvgIpc) is 2.65. The van der Waals surface area contributed by atoms with Crippen molar-refractivity contribution in [2.75, 3.05) is 20.3 Å². The lowest BCUT2D eigenvalue weighted by molar-refractivity contribution is -0.139. The first-order valence-corrected chi connectivity index (χ1v) is 8.75. The maximum atomic E-state index is 12.6. The molecule has 0 bridgehead atoms. The van der Waals surface area contributed by atoms with Crippen LogP contribution in [0.4, 0.5) is 0 Å². The Morgan fingerprint density at radius 1 is 1.37 bits per heavy atom. The fourth-order valence-electron chi connectivity index (χ4n) is 2.95. The number of nitriles is 1. The highest BCUT2D eigenvalue weighted by Gasteiger charge is 2.38. The lowest BCUT2D eigenvalue weighted by atomic mass is 9.82. The number of hydrogen-bond donors (Lipinski definition) is 1. The summed E-state index contributed by atoms with van der Waals surface area (Å²) >= 11 is 0. The van der Waals surface area contributed by atoms with Gasteiger partial charge in [0.05, 0.1) is 31.8 Å². The van der Waals surface area contributed by atoms with Crippen molar-refractivity contribution in [1.82, 2.24) is 0 Å². The van der Waals surface area contributed by atoms with E-state index in [2.05, 4.69) is 6.07 Å². The Labute approximate surface area is 159 Å². The Morgan fingerprint density at radius 2 is 2.11 bits per heavy atom. The van der Waals surface area contributed by atoms with Gasteiger partial charge in [-0.25, -0.2) is 4.79 Å². The number of benzene rings is 1. The van der Waals surface area contributed by atoms with Crippen LogP contribution in [0, 0.1) is 11.3 Å². The van der Waals surface area contributed by atoms with E-state index in [-0.39, 0.29) is 23.6 Å². The largest absolute Gasteiger partial charge is 0.493 e. The van der Waals surface area contributed by atoms with Crippen LogP contribution >= 0.6 is 0 Å². The zero-order chi connectivity index (χ0) is 20.0. The Morgan fingerprint density at radius 3 is 2.70 bits per heavy atom. The molecule has 27 heavy (non-hydrogen) atoms. The molecule has 1 aliphatic heterocycles. The van der Waals surface area contributed by atoms with Crippen molar-refractivity contribution < 1.29 is 23.7 Å². The van der Waals surface area contributed by atoms with E-state index in [1.54, 1.807) is 32.0 Å². The minimum atomic E-state index is -0.773. The van der Waals surface area contributed by atoms with Crippen LogP contribution in [0.25, 0.3) is 0 Å². The van der Waals surface area contributed by atoms with Gasteiger partial charge < -0.3 is 24.7 Å².